The van der Waals surface area contributed by atoms with Gasteiger partial charge in [-0.05, 0) is 37.3 Å². The lowest BCUT2D eigenvalue weighted by Crippen LogP contribution is -2.40. The maximum absolute atomic E-state index is 13.6. The van der Waals surface area contributed by atoms with E-state index in [0.29, 0.717) is 28.6 Å². The largest absolute Gasteiger partial charge is 0.497 e. The Morgan fingerprint density at radius 3 is 2.23 bits per heavy atom. The first-order valence-electron chi connectivity index (χ1n) is 10.8. The van der Waals surface area contributed by atoms with Gasteiger partial charge in [0.05, 0.1) is 37.9 Å². The van der Waals surface area contributed by atoms with Gasteiger partial charge in [0.2, 0.25) is 5.91 Å². The molecule has 0 spiro atoms. The second kappa shape index (κ2) is 9.76. The number of rotatable bonds is 7. The second-order valence-corrected chi connectivity index (χ2v) is 7.85. The zero-order valence-corrected chi connectivity index (χ0v) is 19.8. The van der Waals surface area contributed by atoms with E-state index < -0.39 is 17.2 Å². The molecule has 0 aliphatic carbocycles. The van der Waals surface area contributed by atoms with E-state index in [1.165, 1.54) is 38.0 Å². The van der Waals surface area contributed by atoms with Gasteiger partial charge in [0.15, 0.2) is 11.5 Å². The van der Waals surface area contributed by atoms with E-state index in [2.05, 4.69) is 5.32 Å². The molecule has 180 valence electrons. The average Bonchev–Trinajstić information content (AvgIpc) is 2.87. The zero-order valence-electron chi connectivity index (χ0n) is 19.8. The van der Waals surface area contributed by atoms with Gasteiger partial charge in [-0.15, -0.1) is 0 Å². The van der Waals surface area contributed by atoms with Gasteiger partial charge >= 0.3 is 5.69 Å². The van der Waals surface area contributed by atoms with Crippen molar-refractivity contribution < 1.29 is 19.0 Å². The molecular weight excluding hydrogens is 450 g/mol. The van der Waals surface area contributed by atoms with Gasteiger partial charge in [-0.25, -0.2) is 9.36 Å². The van der Waals surface area contributed by atoms with Crippen LogP contribution in [-0.4, -0.2) is 36.4 Å². The molecule has 35 heavy (non-hydrogen) atoms. The van der Waals surface area contributed by atoms with Crippen molar-refractivity contribution in [3.8, 4) is 22.9 Å². The molecule has 1 heterocycles. The fourth-order valence-corrected chi connectivity index (χ4v) is 3.81. The summed E-state index contributed by atoms with van der Waals surface area (Å²) in [5, 5.41) is 2.97. The highest BCUT2D eigenvalue weighted by Gasteiger charge is 2.19. The number of methoxy groups -OCH3 is 3. The van der Waals surface area contributed by atoms with E-state index in [1.807, 2.05) is 6.92 Å². The molecule has 0 fully saturated rings. The van der Waals surface area contributed by atoms with Crippen molar-refractivity contribution in [3.63, 3.8) is 0 Å². The van der Waals surface area contributed by atoms with Crippen LogP contribution in [0.5, 0.6) is 17.2 Å². The van der Waals surface area contributed by atoms with Crippen molar-refractivity contribution in [1.29, 1.82) is 0 Å². The number of aromatic nitrogens is 2. The van der Waals surface area contributed by atoms with Gasteiger partial charge in [-0.2, -0.15) is 0 Å². The Bertz CT molecular complexity index is 1520. The van der Waals surface area contributed by atoms with Crippen LogP contribution in [0.2, 0.25) is 0 Å². The minimum Gasteiger partial charge on any atom is -0.497 e. The number of carbonyl (C=O) groups is 1. The lowest BCUT2D eigenvalue weighted by Gasteiger charge is -2.16. The first kappa shape index (κ1) is 23.6. The maximum atomic E-state index is 13.6. The zero-order chi connectivity index (χ0) is 25.1. The Labute approximate surface area is 201 Å². The molecule has 9 nitrogen and oxygen atoms in total. The van der Waals surface area contributed by atoms with E-state index >= 15 is 0 Å². The molecule has 0 radical (unpaired) electrons. The van der Waals surface area contributed by atoms with Crippen LogP contribution in [0.3, 0.4) is 0 Å². The monoisotopic (exact) mass is 475 g/mol. The molecule has 4 aromatic rings. The third kappa shape index (κ3) is 4.61. The quantitative estimate of drug-likeness (QED) is 0.441. The SMILES string of the molecule is COc1cccc(NC(=O)Cn2c(=O)n(-c3ccc(C)cc3)c(=O)c3cc(OC)c(OC)cc32)c1. The van der Waals surface area contributed by atoms with E-state index in [4.69, 9.17) is 14.2 Å². The summed E-state index contributed by atoms with van der Waals surface area (Å²) in [5.41, 5.74) is 0.953. The predicted molar refractivity (Wildman–Crippen MR) is 133 cm³/mol. The summed E-state index contributed by atoms with van der Waals surface area (Å²) in [5.74, 6) is 0.785. The Kier molecular flexibility index (Phi) is 6.59. The number of fused-ring (bicyclic) bond motifs is 1. The minimum absolute atomic E-state index is 0.206. The number of anilines is 1. The second-order valence-electron chi connectivity index (χ2n) is 7.85. The summed E-state index contributed by atoms with van der Waals surface area (Å²) >= 11 is 0. The number of aryl methyl sites for hydroxylation is 1. The fourth-order valence-electron chi connectivity index (χ4n) is 3.81. The van der Waals surface area contributed by atoms with Gasteiger partial charge in [0.1, 0.15) is 12.3 Å². The van der Waals surface area contributed by atoms with Crippen molar-refractivity contribution in [3.05, 3.63) is 87.1 Å². The van der Waals surface area contributed by atoms with Crippen molar-refractivity contribution in [2.75, 3.05) is 26.6 Å². The minimum atomic E-state index is -0.653. The summed E-state index contributed by atoms with van der Waals surface area (Å²) in [6.45, 7) is 1.57. The molecular formula is C26H25N3O6. The number of nitrogens with zero attached hydrogens (tertiary/aromatic N) is 2. The van der Waals surface area contributed by atoms with Gasteiger partial charge in [-0.3, -0.25) is 14.2 Å². The number of nitrogens with one attached hydrogen (secondary N) is 1. The van der Waals surface area contributed by atoms with Gasteiger partial charge in [0, 0.05) is 17.8 Å². The van der Waals surface area contributed by atoms with Crippen molar-refractivity contribution >= 4 is 22.5 Å². The van der Waals surface area contributed by atoms with Gasteiger partial charge < -0.3 is 19.5 Å². The lowest BCUT2D eigenvalue weighted by atomic mass is 10.2. The molecule has 0 aliphatic rings. The van der Waals surface area contributed by atoms with E-state index in [0.717, 1.165) is 10.1 Å². The first-order chi connectivity index (χ1) is 16.9. The molecule has 3 aromatic carbocycles. The van der Waals surface area contributed by atoms with Crippen LogP contribution in [0, 0.1) is 6.92 Å². The topological polar surface area (TPSA) is 101 Å². The number of hydrogen-bond donors (Lipinski definition) is 1. The molecule has 4 rings (SSSR count). The molecule has 0 saturated heterocycles. The smallest absolute Gasteiger partial charge is 0.336 e. The van der Waals surface area contributed by atoms with E-state index in [1.54, 1.807) is 48.5 Å². The molecule has 0 unspecified atom stereocenters. The molecule has 0 saturated carbocycles. The normalized spacial score (nSPS) is 10.7. The first-order valence-corrected chi connectivity index (χ1v) is 10.8. The molecule has 0 atom stereocenters. The van der Waals surface area contributed by atoms with Gasteiger partial charge in [-0.1, -0.05) is 23.8 Å². The van der Waals surface area contributed by atoms with Crippen LogP contribution in [0.15, 0.2) is 70.3 Å². The highest BCUT2D eigenvalue weighted by Crippen LogP contribution is 2.30. The van der Waals surface area contributed by atoms with Crippen LogP contribution < -0.4 is 30.8 Å². The van der Waals surface area contributed by atoms with Crippen molar-refractivity contribution in [2.45, 2.75) is 13.5 Å². The highest BCUT2D eigenvalue weighted by atomic mass is 16.5. The molecule has 0 aliphatic heterocycles. The molecule has 9 heteroatoms. The number of hydrogen-bond acceptors (Lipinski definition) is 6. The molecule has 1 aromatic heterocycles. The van der Waals surface area contributed by atoms with E-state index in [-0.39, 0.29) is 17.4 Å². The summed E-state index contributed by atoms with van der Waals surface area (Å²) in [4.78, 5) is 40.0. The van der Waals surface area contributed by atoms with Crippen LogP contribution in [-0.2, 0) is 11.3 Å². The molecule has 0 bridgehead atoms. The van der Waals surface area contributed by atoms with E-state index in [9.17, 15) is 14.4 Å². The number of amides is 1. The van der Waals surface area contributed by atoms with Crippen LogP contribution in [0.25, 0.3) is 16.6 Å². The Hall–Kier alpha value is -4.53. The summed E-state index contributed by atoms with van der Waals surface area (Å²) in [7, 11) is 4.44. The number of benzene rings is 3. The van der Waals surface area contributed by atoms with Crippen LogP contribution >= 0.6 is 0 Å². The predicted octanol–water partition coefficient (Wildman–Crippen LogP) is 3.13. The summed E-state index contributed by atoms with van der Waals surface area (Å²) in [6.07, 6.45) is 0. The van der Waals surface area contributed by atoms with Crippen LogP contribution in [0.4, 0.5) is 5.69 Å². The highest BCUT2D eigenvalue weighted by molar-refractivity contribution is 5.92. The fraction of sp³-hybridized carbons (Fsp3) is 0.192. The third-order valence-corrected chi connectivity index (χ3v) is 5.60. The number of carbonyl (C=O) groups excluding carboxylic acids is 1. The van der Waals surface area contributed by atoms with Crippen molar-refractivity contribution in [1.82, 2.24) is 9.13 Å². The standard InChI is InChI=1S/C26H25N3O6/c1-16-8-10-18(11-9-16)29-25(31)20-13-22(34-3)23(35-4)14-21(20)28(26(29)32)15-24(30)27-17-6-5-7-19(12-17)33-2/h5-14H,15H2,1-4H3,(H,27,30). The Morgan fingerprint density at radius 1 is 0.886 bits per heavy atom. The molecule has 1 amide bonds. The van der Waals surface area contributed by atoms with Gasteiger partial charge in [0.25, 0.3) is 5.56 Å². The third-order valence-electron chi connectivity index (χ3n) is 5.60. The lowest BCUT2D eigenvalue weighted by molar-refractivity contribution is -0.116. The Morgan fingerprint density at radius 2 is 1.57 bits per heavy atom. The van der Waals surface area contributed by atoms with Crippen molar-refractivity contribution in [2.24, 2.45) is 0 Å². The summed E-state index contributed by atoms with van der Waals surface area (Å²) in [6, 6.07) is 16.9. The Balaban J connectivity index is 1.89. The molecule has 1 N–H and O–H groups in total. The average molecular weight is 476 g/mol. The van der Waals surface area contributed by atoms with Crippen LogP contribution in [0.1, 0.15) is 5.56 Å². The maximum Gasteiger partial charge on any atom is 0.336 e. The number of ether oxygens (including phenoxy) is 3. The summed E-state index contributed by atoms with van der Waals surface area (Å²) < 4.78 is 18.2.